The highest BCUT2D eigenvalue weighted by Gasteiger charge is 2.18. The molecule has 6 heteroatoms. The Bertz CT molecular complexity index is 425. The van der Waals surface area contributed by atoms with Crippen molar-refractivity contribution in [1.82, 2.24) is 14.9 Å². The maximum Gasteiger partial charge on any atom is 0.269 e. The molecule has 1 aliphatic carbocycles. The molecule has 1 aromatic heterocycles. The zero-order valence-corrected chi connectivity index (χ0v) is 12.0. The quantitative estimate of drug-likeness (QED) is 0.756. The molecule has 0 radical (unpaired) electrons. The molecule has 1 aliphatic rings. The van der Waals surface area contributed by atoms with Gasteiger partial charge in [0.25, 0.3) is 5.91 Å². The van der Waals surface area contributed by atoms with Crippen LogP contribution in [0.3, 0.4) is 0 Å². The second-order valence-electron chi connectivity index (χ2n) is 5.41. The molecule has 2 rings (SSSR count). The van der Waals surface area contributed by atoms with Gasteiger partial charge in [-0.05, 0) is 32.1 Å². The third-order valence-corrected chi connectivity index (χ3v) is 3.73. The lowest BCUT2D eigenvalue weighted by molar-refractivity contribution is 0.0241. The second-order valence-corrected chi connectivity index (χ2v) is 5.41. The number of ether oxygens (including phenoxy) is 1. The van der Waals surface area contributed by atoms with E-state index in [1.165, 1.54) is 0 Å². The Labute approximate surface area is 119 Å². The van der Waals surface area contributed by atoms with E-state index >= 15 is 0 Å². The van der Waals surface area contributed by atoms with Gasteiger partial charge in [-0.25, -0.2) is 4.98 Å². The van der Waals surface area contributed by atoms with Crippen molar-refractivity contribution in [2.45, 2.75) is 44.2 Å². The van der Waals surface area contributed by atoms with Crippen molar-refractivity contribution in [3.05, 3.63) is 18.2 Å². The van der Waals surface area contributed by atoms with E-state index in [0.717, 1.165) is 32.1 Å². The number of aromatic nitrogens is 2. The van der Waals surface area contributed by atoms with E-state index in [4.69, 9.17) is 10.5 Å². The van der Waals surface area contributed by atoms with Crippen LogP contribution < -0.4 is 11.1 Å². The molecule has 0 unspecified atom stereocenters. The zero-order chi connectivity index (χ0) is 14.4. The SMILES string of the molecule is Cn1cncc1C(=O)NCCCOC1CCC(N)CC1. The summed E-state index contributed by atoms with van der Waals surface area (Å²) >= 11 is 0. The van der Waals surface area contributed by atoms with E-state index in [-0.39, 0.29) is 5.91 Å². The molecule has 0 aliphatic heterocycles. The molecule has 1 aromatic rings. The minimum absolute atomic E-state index is 0.0892. The monoisotopic (exact) mass is 280 g/mol. The van der Waals surface area contributed by atoms with Crippen molar-refractivity contribution in [3.8, 4) is 0 Å². The van der Waals surface area contributed by atoms with Gasteiger partial charge in [-0.15, -0.1) is 0 Å². The van der Waals surface area contributed by atoms with Crippen molar-refractivity contribution in [1.29, 1.82) is 0 Å². The molecular weight excluding hydrogens is 256 g/mol. The first-order valence-electron chi connectivity index (χ1n) is 7.28. The summed E-state index contributed by atoms with van der Waals surface area (Å²) in [7, 11) is 1.80. The number of nitrogens with two attached hydrogens (primary N) is 1. The Kier molecular flexibility index (Phi) is 5.55. The van der Waals surface area contributed by atoms with Gasteiger partial charge in [0.2, 0.25) is 0 Å². The molecule has 0 aromatic carbocycles. The fourth-order valence-electron chi connectivity index (χ4n) is 2.45. The molecule has 20 heavy (non-hydrogen) atoms. The van der Waals surface area contributed by atoms with E-state index in [2.05, 4.69) is 10.3 Å². The molecule has 0 spiro atoms. The molecule has 1 fully saturated rings. The molecule has 112 valence electrons. The summed E-state index contributed by atoms with van der Waals surface area (Å²) < 4.78 is 7.51. The number of amides is 1. The molecule has 1 heterocycles. The summed E-state index contributed by atoms with van der Waals surface area (Å²) in [4.78, 5) is 15.7. The van der Waals surface area contributed by atoms with E-state index in [0.29, 0.717) is 31.0 Å². The third-order valence-electron chi connectivity index (χ3n) is 3.73. The van der Waals surface area contributed by atoms with E-state index in [1.54, 1.807) is 24.1 Å². The van der Waals surface area contributed by atoms with Crippen LogP contribution in [0.1, 0.15) is 42.6 Å². The lowest BCUT2D eigenvalue weighted by Crippen LogP contribution is -2.31. The number of hydrogen-bond donors (Lipinski definition) is 2. The molecule has 0 atom stereocenters. The van der Waals surface area contributed by atoms with Crippen LogP contribution in [0.15, 0.2) is 12.5 Å². The van der Waals surface area contributed by atoms with Crippen LogP contribution in [0.4, 0.5) is 0 Å². The lowest BCUT2D eigenvalue weighted by Gasteiger charge is -2.26. The average molecular weight is 280 g/mol. The first-order chi connectivity index (χ1) is 9.66. The molecule has 0 saturated heterocycles. The second kappa shape index (κ2) is 7.40. The Morgan fingerprint density at radius 3 is 2.90 bits per heavy atom. The summed E-state index contributed by atoms with van der Waals surface area (Å²) in [6.45, 7) is 1.31. The summed E-state index contributed by atoms with van der Waals surface area (Å²) in [5.41, 5.74) is 6.43. The predicted molar refractivity (Wildman–Crippen MR) is 76.3 cm³/mol. The topological polar surface area (TPSA) is 82.2 Å². The van der Waals surface area contributed by atoms with Crippen molar-refractivity contribution in [2.75, 3.05) is 13.2 Å². The van der Waals surface area contributed by atoms with Crippen LogP contribution in [0, 0.1) is 0 Å². The standard InChI is InChI=1S/C14H24N4O2/c1-18-10-16-9-13(18)14(19)17-7-2-8-20-12-5-3-11(15)4-6-12/h9-12H,2-8,15H2,1H3,(H,17,19). The first-order valence-corrected chi connectivity index (χ1v) is 7.28. The minimum atomic E-state index is -0.0892. The van der Waals surface area contributed by atoms with Crippen molar-refractivity contribution in [3.63, 3.8) is 0 Å². The van der Waals surface area contributed by atoms with Gasteiger partial charge in [0.05, 0.1) is 18.6 Å². The number of nitrogens with one attached hydrogen (secondary N) is 1. The number of aryl methyl sites for hydroxylation is 1. The normalized spacial score (nSPS) is 22.7. The number of imidazole rings is 1. The van der Waals surface area contributed by atoms with E-state index in [1.807, 2.05) is 0 Å². The largest absolute Gasteiger partial charge is 0.378 e. The van der Waals surface area contributed by atoms with Gasteiger partial charge in [0.15, 0.2) is 0 Å². The van der Waals surface area contributed by atoms with Crippen molar-refractivity contribution < 1.29 is 9.53 Å². The predicted octanol–water partition coefficient (Wildman–Crippen LogP) is 0.826. The number of carbonyl (C=O) groups excluding carboxylic acids is 1. The number of hydrogen-bond acceptors (Lipinski definition) is 4. The van der Waals surface area contributed by atoms with Gasteiger partial charge in [-0.2, -0.15) is 0 Å². The maximum atomic E-state index is 11.8. The van der Waals surface area contributed by atoms with Crippen LogP contribution in [0.5, 0.6) is 0 Å². The first kappa shape index (κ1) is 15.0. The van der Waals surface area contributed by atoms with Crippen molar-refractivity contribution >= 4 is 5.91 Å². The number of rotatable bonds is 6. The van der Waals surface area contributed by atoms with Gasteiger partial charge in [-0.1, -0.05) is 0 Å². The molecule has 0 bridgehead atoms. The zero-order valence-electron chi connectivity index (χ0n) is 12.0. The van der Waals surface area contributed by atoms with Crippen LogP contribution in [-0.2, 0) is 11.8 Å². The molecular formula is C14H24N4O2. The van der Waals surface area contributed by atoms with Crippen LogP contribution in [0.2, 0.25) is 0 Å². The minimum Gasteiger partial charge on any atom is -0.378 e. The molecule has 6 nitrogen and oxygen atoms in total. The molecule has 1 amide bonds. The third kappa shape index (κ3) is 4.31. The average Bonchev–Trinajstić information content (AvgIpc) is 2.86. The highest BCUT2D eigenvalue weighted by molar-refractivity contribution is 5.92. The van der Waals surface area contributed by atoms with Crippen LogP contribution in [0.25, 0.3) is 0 Å². The molecule has 3 N–H and O–H groups in total. The summed E-state index contributed by atoms with van der Waals surface area (Å²) in [6, 6.07) is 0.355. The fourth-order valence-corrected chi connectivity index (χ4v) is 2.45. The smallest absolute Gasteiger partial charge is 0.269 e. The van der Waals surface area contributed by atoms with E-state index < -0.39 is 0 Å². The maximum absolute atomic E-state index is 11.8. The van der Waals surface area contributed by atoms with Crippen molar-refractivity contribution in [2.24, 2.45) is 12.8 Å². The Morgan fingerprint density at radius 2 is 2.25 bits per heavy atom. The van der Waals surface area contributed by atoms with Gasteiger partial charge in [-0.3, -0.25) is 4.79 Å². The van der Waals surface area contributed by atoms with Crippen LogP contribution >= 0.6 is 0 Å². The Hall–Kier alpha value is -1.40. The summed E-state index contributed by atoms with van der Waals surface area (Å²) in [6.07, 6.45) is 8.59. The van der Waals surface area contributed by atoms with E-state index in [9.17, 15) is 4.79 Å². The van der Waals surface area contributed by atoms with Crippen LogP contribution in [-0.4, -0.2) is 40.8 Å². The summed E-state index contributed by atoms with van der Waals surface area (Å²) in [5, 5.41) is 2.87. The number of nitrogens with zero attached hydrogens (tertiary/aromatic N) is 2. The van der Waals surface area contributed by atoms with Gasteiger partial charge < -0.3 is 20.4 Å². The lowest BCUT2D eigenvalue weighted by atomic mass is 9.94. The highest BCUT2D eigenvalue weighted by Crippen LogP contribution is 2.19. The van der Waals surface area contributed by atoms with Gasteiger partial charge in [0.1, 0.15) is 5.69 Å². The van der Waals surface area contributed by atoms with Gasteiger partial charge >= 0.3 is 0 Å². The molecule has 1 saturated carbocycles. The number of carbonyl (C=O) groups is 1. The fraction of sp³-hybridized carbons (Fsp3) is 0.714. The summed E-state index contributed by atoms with van der Waals surface area (Å²) in [5.74, 6) is -0.0892. The Balaban J connectivity index is 1.56. The van der Waals surface area contributed by atoms with Gasteiger partial charge in [0, 0.05) is 26.2 Å². The Morgan fingerprint density at radius 1 is 1.50 bits per heavy atom. The highest BCUT2D eigenvalue weighted by atomic mass is 16.5.